The Morgan fingerprint density at radius 1 is 1.15 bits per heavy atom. The third-order valence-corrected chi connectivity index (χ3v) is 5.13. The van der Waals surface area contributed by atoms with Crippen molar-refractivity contribution >= 4 is 11.9 Å². The van der Waals surface area contributed by atoms with Crippen LogP contribution in [0.3, 0.4) is 0 Å². The molecule has 3 N–H and O–H groups in total. The van der Waals surface area contributed by atoms with Crippen LogP contribution in [0.25, 0.3) is 0 Å². The molecule has 1 aromatic carbocycles. The number of ether oxygens (including phenoxy) is 1. The predicted molar refractivity (Wildman–Crippen MR) is 109 cm³/mol. The zero-order chi connectivity index (χ0) is 19.5. The summed E-state index contributed by atoms with van der Waals surface area (Å²) in [4.78, 5) is 14.2. The number of nitrogens with zero attached hydrogens (tertiary/aromatic N) is 1. The minimum atomic E-state index is 0.175. The summed E-state index contributed by atoms with van der Waals surface area (Å²) in [6, 6.07) is 9.66. The second kappa shape index (κ2) is 11.6. The van der Waals surface area contributed by atoms with Gasteiger partial charge in [0.1, 0.15) is 5.75 Å². The molecular weight excluding hydrogens is 340 g/mol. The van der Waals surface area contributed by atoms with E-state index in [1.807, 2.05) is 49.1 Å². The average Bonchev–Trinajstić information content (AvgIpc) is 2.75. The fourth-order valence-electron chi connectivity index (χ4n) is 3.48. The van der Waals surface area contributed by atoms with Crippen LogP contribution in [0.4, 0.5) is 0 Å². The fraction of sp³-hybridized carbons (Fsp3) is 0.619. The van der Waals surface area contributed by atoms with E-state index in [4.69, 9.17) is 10.1 Å². The summed E-state index contributed by atoms with van der Waals surface area (Å²) < 4.78 is 5.60. The molecular formula is C21H34N4O2. The van der Waals surface area contributed by atoms with Crippen molar-refractivity contribution in [1.29, 1.82) is 5.41 Å². The number of hydrogen-bond donors (Lipinski definition) is 3. The van der Waals surface area contributed by atoms with E-state index in [2.05, 4.69) is 10.6 Å². The molecule has 0 bridgehead atoms. The third-order valence-electron chi connectivity index (χ3n) is 5.13. The van der Waals surface area contributed by atoms with E-state index in [1.165, 1.54) is 0 Å². The number of carbonyl (C=O) groups excluding carboxylic acids is 1. The van der Waals surface area contributed by atoms with Crippen molar-refractivity contribution in [3.8, 4) is 5.75 Å². The number of rotatable bonds is 4. The lowest BCUT2D eigenvalue weighted by atomic mass is 9.95. The van der Waals surface area contributed by atoms with Gasteiger partial charge >= 0.3 is 0 Å². The van der Waals surface area contributed by atoms with Gasteiger partial charge in [0.05, 0.1) is 0 Å². The van der Waals surface area contributed by atoms with E-state index in [0.29, 0.717) is 11.7 Å². The normalized spacial score (nSPS) is 18.2. The minimum absolute atomic E-state index is 0.175. The molecule has 1 aromatic rings. The van der Waals surface area contributed by atoms with Crippen LogP contribution < -0.4 is 15.4 Å². The van der Waals surface area contributed by atoms with Gasteiger partial charge in [-0.1, -0.05) is 32.0 Å². The summed E-state index contributed by atoms with van der Waals surface area (Å²) in [5.74, 6) is 1.58. The van der Waals surface area contributed by atoms with Crippen LogP contribution in [0.2, 0.25) is 0 Å². The maximum Gasteiger partial charge on any atom is 0.289 e. The highest BCUT2D eigenvalue weighted by Crippen LogP contribution is 2.19. The molecule has 2 fully saturated rings. The van der Waals surface area contributed by atoms with Crippen molar-refractivity contribution in [3.63, 3.8) is 0 Å². The first-order chi connectivity index (χ1) is 13.2. The standard InChI is InChI=1S/C19H28N4O2.C2H6/c20-19(25-17-4-2-1-3-5-17)23-12-8-15(9-13-23)14-22-18(24)16-6-10-21-11-7-16;1-2/h1-5,15-16,20-21H,6-14H2,(H,22,24);1-2H3. The lowest BCUT2D eigenvalue weighted by Crippen LogP contribution is -2.44. The quantitative estimate of drug-likeness (QED) is 0.559. The molecule has 2 aliphatic heterocycles. The van der Waals surface area contributed by atoms with Crippen LogP contribution in [0.1, 0.15) is 39.5 Å². The van der Waals surface area contributed by atoms with Crippen LogP contribution in [-0.2, 0) is 4.79 Å². The molecule has 150 valence electrons. The second-order valence-corrected chi connectivity index (χ2v) is 6.92. The summed E-state index contributed by atoms with van der Waals surface area (Å²) in [6.07, 6.45) is 3.84. The Morgan fingerprint density at radius 2 is 1.78 bits per heavy atom. The highest BCUT2D eigenvalue weighted by molar-refractivity contribution is 5.78. The number of likely N-dealkylation sites (tertiary alicyclic amines) is 1. The topological polar surface area (TPSA) is 77.5 Å². The van der Waals surface area contributed by atoms with Crippen LogP contribution in [-0.4, -0.2) is 49.6 Å². The van der Waals surface area contributed by atoms with Gasteiger partial charge in [0.15, 0.2) is 0 Å². The van der Waals surface area contributed by atoms with Crippen LogP contribution in [0.15, 0.2) is 30.3 Å². The maximum atomic E-state index is 12.2. The molecule has 0 aromatic heterocycles. The Morgan fingerprint density at radius 3 is 2.41 bits per heavy atom. The minimum Gasteiger partial charge on any atom is -0.426 e. The largest absolute Gasteiger partial charge is 0.426 e. The van der Waals surface area contributed by atoms with E-state index in [1.54, 1.807) is 0 Å². The molecule has 0 aliphatic carbocycles. The molecule has 2 aliphatic rings. The van der Waals surface area contributed by atoms with Crippen molar-refractivity contribution in [2.24, 2.45) is 11.8 Å². The first kappa shape index (κ1) is 21.2. The van der Waals surface area contributed by atoms with Crippen molar-refractivity contribution in [2.45, 2.75) is 39.5 Å². The van der Waals surface area contributed by atoms with Gasteiger partial charge in [-0.05, 0) is 56.8 Å². The molecule has 27 heavy (non-hydrogen) atoms. The van der Waals surface area contributed by atoms with E-state index >= 15 is 0 Å². The molecule has 6 heteroatoms. The van der Waals surface area contributed by atoms with Crippen molar-refractivity contribution < 1.29 is 9.53 Å². The zero-order valence-electron chi connectivity index (χ0n) is 16.7. The predicted octanol–water partition coefficient (Wildman–Crippen LogP) is 2.85. The Kier molecular flexibility index (Phi) is 9.11. The average molecular weight is 375 g/mol. The van der Waals surface area contributed by atoms with Gasteiger partial charge in [-0.2, -0.15) is 0 Å². The maximum absolute atomic E-state index is 12.2. The van der Waals surface area contributed by atoms with E-state index < -0.39 is 0 Å². The molecule has 0 spiro atoms. The summed E-state index contributed by atoms with van der Waals surface area (Å²) in [7, 11) is 0. The molecule has 0 saturated carbocycles. The zero-order valence-corrected chi connectivity index (χ0v) is 16.7. The Labute approximate surface area is 163 Å². The SMILES string of the molecule is CC.N=C(Oc1ccccc1)N1CCC(CNC(=O)C2CCNCC2)CC1. The van der Waals surface area contributed by atoms with Gasteiger partial charge < -0.3 is 20.3 Å². The lowest BCUT2D eigenvalue weighted by molar-refractivity contribution is -0.126. The number of amidine groups is 1. The van der Waals surface area contributed by atoms with Crippen molar-refractivity contribution in [1.82, 2.24) is 15.5 Å². The molecule has 6 nitrogen and oxygen atoms in total. The molecule has 2 heterocycles. The van der Waals surface area contributed by atoms with Crippen molar-refractivity contribution in [3.05, 3.63) is 30.3 Å². The molecule has 0 unspecified atom stereocenters. The van der Waals surface area contributed by atoms with Gasteiger partial charge in [-0.15, -0.1) is 0 Å². The number of amides is 1. The van der Waals surface area contributed by atoms with Crippen LogP contribution in [0.5, 0.6) is 5.75 Å². The number of nitrogens with one attached hydrogen (secondary N) is 3. The van der Waals surface area contributed by atoms with E-state index in [9.17, 15) is 4.79 Å². The molecule has 0 atom stereocenters. The highest BCUT2D eigenvalue weighted by atomic mass is 16.5. The molecule has 0 radical (unpaired) electrons. The smallest absolute Gasteiger partial charge is 0.289 e. The highest BCUT2D eigenvalue weighted by Gasteiger charge is 2.25. The van der Waals surface area contributed by atoms with Crippen LogP contribution >= 0.6 is 0 Å². The van der Waals surface area contributed by atoms with Gasteiger partial charge in [0.25, 0.3) is 6.02 Å². The molecule has 2 saturated heterocycles. The van der Waals surface area contributed by atoms with Gasteiger partial charge in [0.2, 0.25) is 5.91 Å². The Bertz CT molecular complexity index is 565. The van der Waals surface area contributed by atoms with Gasteiger partial charge in [-0.25, -0.2) is 0 Å². The van der Waals surface area contributed by atoms with E-state index in [-0.39, 0.29) is 17.8 Å². The number of piperidine rings is 2. The van der Waals surface area contributed by atoms with Gasteiger partial charge in [0, 0.05) is 25.6 Å². The number of benzene rings is 1. The first-order valence-electron chi connectivity index (χ1n) is 10.3. The first-order valence-corrected chi connectivity index (χ1v) is 10.3. The second-order valence-electron chi connectivity index (χ2n) is 6.92. The van der Waals surface area contributed by atoms with E-state index in [0.717, 1.165) is 58.4 Å². The van der Waals surface area contributed by atoms with Gasteiger partial charge in [-0.3, -0.25) is 10.2 Å². The Balaban J connectivity index is 0.00000126. The van der Waals surface area contributed by atoms with Crippen molar-refractivity contribution in [2.75, 3.05) is 32.7 Å². The molecule has 1 amide bonds. The third kappa shape index (κ3) is 6.86. The lowest BCUT2D eigenvalue weighted by Gasteiger charge is -2.33. The fourth-order valence-corrected chi connectivity index (χ4v) is 3.48. The van der Waals surface area contributed by atoms with Crippen LogP contribution in [0, 0.1) is 17.2 Å². The summed E-state index contributed by atoms with van der Waals surface area (Å²) in [5, 5.41) is 14.5. The molecule has 3 rings (SSSR count). The summed E-state index contributed by atoms with van der Waals surface area (Å²) in [6.45, 7) is 8.25. The summed E-state index contributed by atoms with van der Waals surface area (Å²) in [5.41, 5.74) is 0. The monoisotopic (exact) mass is 374 g/mol. The number of hydrogen-bond acceptors (Lipinski definition) is 4. The number of para-hydroxylation sites is 1. The Hall–Kier alpha value is -2.08. The summed E-state index contributed by atoms with van der Waals surface area (Å²) >= 11 is 0. The number of carbonyl (C=O) groups is 1.